The Morgan fingerprint density at radius 1 is 1.25 bits per heavy atom. The van der Waals surface area contributed by atoms with E-state index in [1.807, 2.05) is 30.3 Å². The summed E-state index contributed by atoms with van der Waals surface area (Å²) in [4.78, 5) is 1.18. The van der Waals surface area contributed by atoms with Gasteiger partial charge < -0.3 is 10.1 Å². The number of hydrogen-bond donors (Lipinski definition) is 1. The normalized spacial score (nSPS) is 12.2. The van der Waals surface area contributed by atoms with Crippen molar-refractivity contribution in [3.05, 3.63) is 44.6 Å². The Kier molecular flexibility index (Phi) is 5.58. The lowest BCUT2D eigenvalue weighted by atomic mass is 10.2. The molecule has 1 heterocycles. The molecule has 2 rings (SSSR count). The Morgan fingerprint density at radius 3 is 2.70 bits per heavy atom. The van der Waals surface area contributed by atoms with Gasteiger partial charge in [-0.2, -0.15) is 0 Å². The van der Waals surface area contributed by atoms with Crippen LogP contribution >= 0.6 is 34.5 Å². The highest BCUT2D eigenvalue weighted by Gasteiger charge is 2.12. The maximum atomic E-state index is 6.07. The Bertz CT molecular complexity index is 571. The van der Waals surface area contributed by atoms with E-state index in [1.54, 1.807) is 11.3 Å². The molecule has 0 fully saturated rings. The third-order valence-corrected chi connectivity index (χ3v) is 4.45. The zero-order valence-electron chi connectivity index (χ0n) is 11.5. The number of ether oxygens (including phenoxy) is 1. The Balaban J connectivity index is 2.16. The maximum Gasteiger partial charge on any atom is 0.142 e. The SMILES string of the molecule is CCCOc1ccc(Cl)cc1NC(C)c1ccc(Cl)s1. The molecule has 0 bridgehead atoms. The molecule has 1 aromatic heterocycles. The first-order chi connectivity index (χ1) is 9.60. The van der Waals surface area contributed by atoms with E-state index in [0.29, 0.717) is 11.6 Å². The van der Waals surface area contributed by atoms with Crippen molar-refractivity contribution in [3.63, 3.8) is 0 Å². The Labute approximate surface area is 133 Å². The van der Waals surface area contributed by atoms with E-state index in [1.165, 1.54) is 4.88 Å². The highest BCUT2D eigenvalue weighted by atomic mass is 35.5. The molecule has 108 valence electrons. The summed E-state index contributed by atoms with van der Waals surface area (Å²) in [5.74, 6) is 0.825. The smallest absolute Gasteiger partial charge is 0.142 e. The van der Waals surface area contributed by atoms with E-state index < -0.39 is 0 Å². The summed E-state index contributed by atoms with van der Waals surface area (Å²) in [5, 5.41) is 4.12. The van der Waals surface area contributed by atoms with Crippen LogP contribution in [0.3, 0.4) is 0 Å². The van der Waals surface area contributed by atoms with E-state index in [9.17, 15) is 0 Å². The van der Waals surface area contributed by atoms with Crippen molar-refractivity contribution >= 4 is 40.2 Å². The van der Waals surface area contributed by atoms with Crippen LogP contribution in [0, 0.1) is 0 Å². The van der Waals surface area contributed by atoms with Crippen LogP contribution < -0.4 is 10.1 Å². The van der Waals surface area contributed by atoms with Gasteiger partial charge in [0.05, 0.1) is 22.7 Å². The van der Waals surface area contributed by atoms with Crippen LogP contribution in [0.4, 0.5) is 5.69 Å². The lowest BCUT2D eigenvalue weighted by Crippen LogP contribution is -2.07. The van der Waals surface area contributed by atoms with Crippen LogP contribution in [-0.2, 0) is 0 Å². The van der Waals surface area contributed by atoms with Crippen molar-refractivity contribution in [2.75, 3.05) is 11.9 Å². The minimum Gasteiger partial charge on any atom is -0.491 e. The van der Waals surface area contributed by atoms with Gasteiger partial charge in [-0.3, -0.25) is 0 Å². The summed E-state index contributed by atoms with van der Waals surface area (Å²) in [6, 6.07) is 9.71. The fourth-order valence-electron chi connectivity index (χ4n) is 1.82. The summed E-state index contributed by atoms with van der Waals surface area (Å²) in [5.41, 5.74) is 0.906. The van der Waals surface area contributed by atoms with Crippen LogP contribution in [0.15, 0.2) is 30.3 Å². The fourth-order valence-corrected chi connectivity index (χ4v) is 3.05. The first kappa shape index (κ1) is 15.5. The third kappa shape index (κ3) is 4.05. The van der Waals surface area contributed by atoms with Crippen LogP contribution in [0.2, 0.25) is 9.36 Å². The third-order valence-electron chi connectivity index (χ3n) is 2.80. The molecule has 2 aromatic rings. The average molecular weight is 330 g/mol. The molecular weight excluding hydrogens is 313 g/mol. The predicted molar refractivity (Wildman–Crippen MR) is 88.6 cm³/mol. The molecular formula is C15H17Cl2NOS. The van der Waals surface area contributed by atoms with Crippen molar-refractivity contribution in [2.24, 2.45) is 0 Å². The van der Waals surface area contributed by atoms with Crippen molar-refractivity contribution in [1.82, 2.24) is 0 Å². The van der Waals surface area contributed by atoms with Crippen LogP contribution in [0.1, 0.15) is 31.2 Å². The predicted octanol–water partition coefficient (Wildman–Crippen LogP) is 6.02. The molecule has 1 aromatic carbocycles. The molecule has 1 atom stereocenters. The Morgan fingerprint density at radius 2 is 2.05 bits per heavy atom. The maximum absolute atomic E-state index is 6.07. The summed E-state index contributed by atoms with van der Waals surface area (Å²) in [6.45, 7) is 4.86. The number of halogens is 2. The van der Waals surface area contributed by atoms with Gasteiger partial charge in [-0.15, -0.1) is 11.3 Å². The van der Waals surface area contributed by atoms with E-state index in [2.05, 4.69) is 19.2 Å². The minimum atomic E-state index is 0.148. The van der Waals surface area contributed by atoms with Gasteiger partial charge >= 0.3 is 0 Å². The van der Waals surface area contributed by atoms with Crippen molar-refractivity contribution < 1.29 is 4.74 Å². The monoisotopic (exact) mass is 329 g/mol. The molecule has 2 nitrogen and oxygen atoms in total. The van der Waals surface area contributed by atoms with Gasteiger partial charge in [-0.1, -0.05) is 30.1 Å². The van der Waals surface area contributed by atoms with Crippen LogP contribution in [-0.4, -0.2) is 6.61 Å². The van der Waals surface area contributed by atoms with Gasteiger partial charge in [0.25, 0.3) is 0 Å². The van der Waals surface area contributed by atoms with Gasteiger partial charge in [-0.05, 0) is 43.7 Å². The van der Waals surface area contributed by atoms with Crippen molar-refractivity contribution in [1.29, 1.82) is 0 Å². The first-order valence-corrected chi connectivity index (χ1v) is 8.11. The molecule has 0 aliphatic carbocycles. The van der Waals surface area contributed by atoms with E-state index >= 15 is 0 Å². The lowest BCUT2D eigenvalue weighted by Gasteiger charge is -2.17. The van der Waals surface area contributed by atoms with Gasteiger partial charge in [-0.25, -0.2) is 0 Å². The van der Waals surface area contributed by atoms with E-state index in [4.69, 9.17) is 27.9 Å². The zero-order chi connectivity index (χ0) is 14.5. The van der Waals surface area contributed by atoms with Crippen LogP contribution in [0.5, 0.6) is 5.75 Å². The fraction of sp³-hybridized carbons (Fsp3) is 0.333. The van der Waals surface area contributed by atoms with Gasteiger partial charge in [0.15, 0.2) is 0 Å². The number of benzene rings is 1. The van der Waals surface area contributed by atoms with Gasteiger partial charge in [0.1, 0.15) is 5.75 Å². The standard InChI is InChI=1S/C15H17Cl2NOS/c1-3-8-19-13-5-4-11(16)9-12(13)18-10(2)14-6-7-15(17)20-14/h4-7,9-10,18H,3,8H2,1-2H3. The summed E-state index contributed by atoms with van der Waals surface area (Å²) in [6.07, 6.45) is 0.970. The average Bonchev–Trinajstić information content (AvgIpc) is 2.85. The Hall–Kier alpha value is -0.900. The molecule has 1 unspecified atom stereocenters. The lowest BCUT2D eigenvalue weighted by molar-refractivity contribution is 0.318. The highest BCUT2D eigenvalue weighted by molar-refractivity contribution is 7.16. The van der Waals surface area contributed by atoms with E-state index in [0.717, 1.165) is 22.2 Å². The molecule has 0 amide bonds. The molecule has 0 saturated heterocycles. The number of nitrogens with one attached hydrogen (secondary N) is 1. The molecule has 0 spiro atoms. The minimum absolute atomic E-state index is 0.148. The second-order valence-electron chi connectivity index (χ2n) is 4.50. The molecule has 0 radical (unpaired) electrons. The van der Waals surface area contributed by atoms with Crippen molar-refractivity contribution in [3.8, 4) is 5.75 Å². The molecule has 0 aliphatic heterocycles. The number of hydrogen-bond acceptors (Lipinski definition) is 3. The summed E-state index contributed by atoms with van der Waals surface area (Å²) in [7, 11) is 0. The van der Waals surface area contributed by atoms with Gasteiger partial charge in [0, 0.05) is 9.90 Å². The molecule has 5 heteroatoms. The summed E-state index contributed by atoms with van der Waals surface area (Å²) < 4.78 is 6.53. The molecule has 0 aliphatic rings. The van der Waals surface area contributed by atoms with Crippen LogP contribution in [0.25, 0.3) is 0 Å². The number of anilines is 1. The first-order valence-electron chi connectivity index (χ1n) is 6.54. The molecule has 0 saturated carbocycles. The second kappa shape index (κ2) is 7.21. The topological polar surface area (TPSA) is 21.3 Å². The number of thiophene rings is 1. The van der Waals surface area contributed by atoms with Crippen molar-refractivity contribution in [2.45, 2.75) is 26.3 Å². The molecule has 20 heavy (non-hydrogen) atoms. The summed E-state index contributed by atoms with van der Waals surface area (Å²) >= 11 is 13.6. The largest absolute Gasteiger partial charge is 0.491 e. The molecule has 1 N–H and O–H groups in total. The quantitative estimate of drug-likeness (QED) is 0.699. The zero-order valence-corrected chi connectivity index (χ0v) is 13.8. The second-order valence-corrected chi connectivity index (χ2v) is 6.68. The van der Waals surface area contributed by atoms with E-state index in [-0.39, 0.29) is 6.04 Å². The van der Waals surface area contributed by atoms with Gasteiger partial charge in [0.2, 0.25) is 0 Å². The highest BCUT2D eigenvalue weighted by Crippen LogP contribution is 2.34. The number of rotatable bonds is 6.